The smallest absolute Gasteiger partial charge is 0.218 e. The molecule has 5 nitrogen and oxygen atoms in total. The highest BCUT2D eigenvalue weighted by molar-refractivity contribution is 9.10. The van der Waals surface area contributed by atoms with Gasteiger partial charge < -0.3 is 14.6 Å². The normalized spacial score (nSPS) is 20.8. The SMILES string of the molecule is COc1c(C2CC(O)c3cc(Br)ccc3O2)c(C)nn1C. The maximum atomic E-state index is 10.4. The first-order valence-corrected chi connectivity index (χ1v) is 7.52. The molecule has 1 aliphatic heterocycles. The molecule has 3 rings (SSSR count). The molecule has 0 fully saturated rings. The van der Waals surface area contributed by atoms with Crippen molar-refractivity contribution in [3.63, 3.8) is 0 Å². The quantitative estimate of drug-likeness (QED) is 0.902. The minimum absolute atomic E-state index is 0.266. The molecule has 0 aliphatic carbocycles. The third kappa shape index (κ3) is 2.42. The molecular formula is C15H17BrN2O3. The van der Waals surface area contributed by atoms with E-state index in [2.05, 4.69) is 21.0 Å². The average molecular weight is 353 g/mol. The van der Waals surface area contributed by atoms with Crippen LogP contribution in [0.4, 0.5) is 0 Å². The first kappa shape index (κ1) is 14.4. The van der Waals surface area contributed by atoms with Gasteiger partial charge >= 0.3 is 0 Å². The van der Waals surface area contributed by atoms with Crippen LogP contribution in [0.5, 0.6) is 11.6 Å². The Hall–Kier alpha value is -1.53. The Morgan fingerprint density at radius 1 is 1.48 bits per heavy atom. The molecule has 0 radical (unpaired) electrons. The van der Waals surface area contributed by atoms with Crippen LogP contribution in [0, 0.1) is 6.92 Å². The molecule has 2 unspecified atom stereocenters. The highest BCUT2D eigenvalue weighted by Crippen LogP contribution is 2.44. The van der Waals surface area contributed by atoms with E-state index >= 15 is 0 Å². The Labute approximate surface area is 131 Å². The predicted molar refractivity (Wildman–Crippen MR) is 81.6 cm³/mol. The first-order valence-electron chi connectivity index (χ1n) is 6.73. The predicted octanol–water partition coefficient (Wildman–Crippen LogP) is 3.06. The Kier molecular flexibility index (Phi) is 3.67. The van der Waals surface area contributed by atoms with Crippen molar-refractivity contribution in [1.82, 2.24) is 9.78 Å². The van der Waals surface area contributed by atoms with E-state index < -0.39 is 6.10 Å². The molecule has 2 aromatic rings. The second kappa shape index (κ2) is 5.35. The summed E-state index contributed by atoms with van der Waals surface area (Å²) in [5.74, 6) is 1.37. The number of aliphatic hydroxyl groups excluding tert-OH is 1. The summed E-state index contributed by atoms with van der Waals surface area (Å²) in [6.45, 7) is 1.92. The van der Waals surface area contributed by atoms with Gasteiger partial charge in [-0.05, 0) is 25.1 Å². The van der Waals surface area contributed by atoms with E-state index in [0.29, 0.717) is 18.1 Å². The Bertz CT molecular complexity index is 684. The monoisotopic (exact) mass is 352 g/mol. The molecule has 1 aromatic heterocycles. The van der Waals surface area contributed by atoms with E-state index in [-0.39, 0.29) is 6.10 Å². The van der Waals surface area contributed by atoms with Crippen LogP contribution in [0.2, 0.25) is 0 Å². The number of fused-ring (bicyclic) bond motifs is 1. The second-order valence-corrected chi connectivity index (χ2v) is 6.09. The van der Waals surface area contributed by atoms with Crippen LogP contribution in [0.25, 0.3) is 0 Å². The highest BCUT2D eigenvalue weighted by Gasteiger charge is 2.33. The number of methoxy groups -OCH3 is 1. The van der Waals surface area contributed by atoms with Gasteiger partial charge in [0.15, 0.2) is 0 Å². The lowest BCUT2D eigenvalue weighted by atomic mass is 9.95. The van der Waals surface area contributed by atoms with E-state index in [4.69, 9.17) is 9.47 Å². The molecule has 2 atom stereocenters. The van der Waals surface area contributed by atoms with E-state index in [0.717, 1.165) is 21.3 Å². The summed E-state index contributed by atoms with van der Waals surface area (Å²) < 4.78 is 14.1. The maximum absolute atomic E-state index is 10.4. The lowest BCUT2D eigenvalue weighted by Crippen LogP contribution is -2.20. The number of halogens is 1. The van der Waals surface area contributed by atoms with Gasteiger partial charge in [-0.1, -0.05) is 15.9 Å². The summed E-state index contributed by atoms with van der Waals surface area (Å²) in [5.41, 5.74) is 2.56. The molecule has 21 heavy (non-hydrogen) atoms. The molecule has 112 valence electrons. The van der Waals surface area contributed by atoms with E-state index in [1.807, 2.05) is 32.2 Å². The number of aliphatic hydroxyl groups is 1. The van der Waals surface area contributed by atoms with Crippen LogP contribution >= 0.6 is 15.9 Å². The molecule has 1 aliphatic rings. The summed E-state index contributed by atoms with van der Waals surface area (Å²) >= 11 is 3.42. The zero-order chi connectivity index (χ0) is 15.1. The van der Waals surface area contributed by atoms with Gasteiger partial charge in [-0.25, -0.2) is 4.68 Å². The summed E-state index contributed by atoms with van der Waals surface area (Å²) in [5, 5.41) is 14.8. The summed E-state index contributed by atoms with van der Waals surface area (Å²) in [7, 11) is 3.45. The van der Waals surface area contributed by atoms with Gasteiger partial charge in [0.1, 0.15) is 11.9 Å². The van der Waals surface area contributed by atoms with Crippen LogP contribution in [0.3, 0.4) is 0 Å². The van der Waals surface area contributed by atoms with Crippen molar-refractivity contribution in [3.8, 4) is 11.6 Å². The molecular weight excluding hydrogens is 336 g/mol. The van der Waals surface area contributed by atoms with Crippen molar-refractivity contribution in [1.29, 1.82) is 0 Å². The average Bonchev–Trinajstić information content (AvgIpc) is 2.73. The molecule has 2 heterocycles. The third-order valence-electron chi connectivity index (χ3n) is 3.77. The molecule has 0 amide bonds. The largest absolute Gasteiger partial charge is 0.485 e. The minimum atomic E-state index is -0.569. The number of aryl methyl sites for hydroxylation is 2. The highest BCUT2D eigenvalue weighted by atomic mass is 79.9. The third-order valence-corrected chi connectivity index (χ3v) is 4.26. The number of nitrogens with zero attached hydrogens (tertiary/aromatic N) is 2. The van der Waals surface area contributed by atoms with Crippen molar-refractivity contribution in [2.24, 2.45) is 7.05 Å². The molecule has 0 bridgehead atoms. The molecule has 0 saturated carbocycles. The summed E-state index contributed by atoms with van der Waals surface area (Å²) in [6.07, 6.45) is -0.357. The van der Waals surface area contributed by atoms with Crippen molar-refractivity contribution < 1.29 is 14.6 Å². The second-order valence-electron chi connectivity index (χ2n) is 5.17. The molecule has 1 aromatic carbocycles. The fourth-order valence-corrected chi connectivity index (χ4v) is 3.24. The number of rotatable bonds is 2. The standard InChI is InChI=1S/C15H17BrN2O3/c1-8-14(15(20-3)18(2)17-8)13-7-11(19)10-6-9(16)4-5-12(10)21-13/h4-6,11,13,19H,7H2,1-3H3. The number of hydrogen-bond donors (Lipinski definition) is 1. The molecule has 0 spiro atoms. The van der Waals surface area contributed by atoms with Crippen LogP contribution in [-0.2, 0) is 7.05 Å². The fraction of sp³-hybridized carbons (Fsp3) is 0.400. The molecule has 6 heteroatoms. The molecule has 1 N–H and O–H groups in total. The van der Waals surface area contributed by atoms with Crippen molar-refractivity contribution in [3.05, 3.63) is 39.5 Å². The van der Waals surface area contributed by atoms with E-state index in [1.165, 1.54) is 0 Å². The number of hydrogen-bond acceptors (Lipinski definition) is 4. The zero-order valence-corrected chi connectivity index (χ0v) is 13.7. The lowest BCUT2D eigenvalue weighted by molar-refractivity contribution is 0.0640. The van der Waals surface area contributed by atoms with Crippen LogP contribution < -0.4 is 9.47 Å². The van der Waals surface area contributed by atoms with Gasteiger partial charge in [-0.15, -0.1) is 0 Å². The number of aromatic nitrogens is 2. The van der Waals surface area contributed by atoms with Gasteiger partial charge in [0.25, 0.3) is 0 Å². The topological polar surface area (TPSA) is 56.5 Å². The summed E-state index contributed by atoms with van der Waals surface area (Å²) in [6, 6.07) is 5.66. The van der Waals surface area contributed by atoms with Crippen molar-refractivity contribution in [2.45, 2.75) is 25.6 Å². The fourth-order valence-electron chi connectivity index (χ4n) is 2.86. The Morgan fingerprint density at radius 3 is 2.95 bits per heavy atom. The summed E-state index contributed by atoms with van der Waals surface area (Å²) in [4.78, 5) is 0. The Morgan fingerprint density at radius 2 is 2.24 bits per heavy atom. The lowest BCUT2D eigenvalue weighted by Gasteiger charge is -2.30. The van der Waals surface area contributed by atoms with Crippen LogP contribution in [-0.4, -0.2) is 22.0 Å². The first-order chi connectivity index (χ1) is 10.0. The van der Waals surface area contributed by atoms with Gasteiger partial charge in [-0.2, -0.15) is 5.10 Å². The van der Waals surface area contributed by atoms with Crippen LogP contribution in [0.15, 0.2) is 22.7 Å². The van der Waals surface area contributed by atoms with E-state index in [1.54, 1.807) is 11.8 Å². The van der Waals surface area contributed by atoms with Gasteiger partial charge in [0.2, 0.25) is 5.88 Å². The van der Waals surface area contributed by atoms with Crippen LogP contribution in [0.1, 0.15) is 35.4 Å². The Balaban J connectivity index is 2.02. The molecule has 0 saturated heterocycles. The zero-order valence-electron chi connectivity index (χ0n) is 12.1. The van der Waals surface area contributed by atoms with E-state index in [9.17, 15) is 5.11 Å². The van der Waals surface area contributed by atoms with Crippen molar-refractivity contribution >= 4 is 15.9 Å². The van der Waals surface area contributed by atoms with Gasteiger partial charge in [0, 0.05) is 23.5 Å². The van der Waals surface area contributed by atoms with Gasteiger partial charge in [0.05, 0.1) is 24.5 Å². The van der Waals surface area contributed by atoms with Crippen molar-refractivity contribution in [2.75, 3.05) is 7.11 Å². The number of benzene rings is 1. The number of ether oxygens (including phenoxy) is 2. The van der Waals surface area contributed by atoms with Gasteiger partial charge in [-0.3, -0.25) is 0 Å². The maximum Gasteiger partial charge on any atom is 0.218 e. The minimum Gasteiger partial charge on any atom is -0.485 e.